The Hall–Kier alpha value is -3.71. The Morgan fingerprint density at radius 2 is 1.61 bits per heavy atom. The molecule has 8 heteroatoms. The van der Waals surface area contributed by atoms with Crippen molar-refractivity contribution in [2.45, 2.75) is 51.0 Å². The summed E-state index contributed by atoms with van der Waals surface area (Å²) in [6.45, 7) is 3.13. The van der Waals surface area contributed by atoms with E-state index in [1.165, 1.54) is 12.1 Å². The second-order valence-corrected chi connectivity index (χ2v) is 11.5. The van der Waals surface area contributed by atoms with Crippen molar-refractivity contribution in [1.29, 1.82) is 0 Å². The molecule has 6 nitrogen and oxygen atoms in total. The van der Waals surface area contributed by atoms with Gasteiger partial charge < -0.3 is 15.0 Å². The number of benzene rings is 3. The molecule has 0 spiro atoms. The predicted octanol–water partition coefficient (Wildman–Crippen LogP) is 5.53. The van der Waals surface area contributed by atoms with Gasteiger partial charge in [0.15, 0.2) is 0 Å². The van der Waals surface area contributed by atoms with Gasteiger partial charge in [0, 0.05) is 37.4 Å². The third-order valence-electron chi connectivity index (χ3n) is 8.12. The van der Waals surface area contributed by atoms with Crippen molar-refractivity contribution >= 4 is 29.4 Å². The third-order valence-corrected chi connectivity index (χ3v) is 8.38. The standard InChI is InChI=1S/C33H34ClFN2O4/c1-2-41-32(40)33(20-26-6-5-25(19-27(26)21-33)24-7-9-28(34)10-8-24)36-30(38)17-23-13-15-37(16-14-23)31(39)18-22-3-11-29(35)12-4-22/h3-12,19,23H,2,13-18,20-21H2,1H3,(H,36,38). The highest BCUT2D eigenvalue weighted by atomic mass is 35.5. The first-order valence-corrected chi connectivity index (χ1v) is 14.5. The van der Waals surface area contributed by atoms with Crippen LogP contribution in [0.4, 0.5) is 4.39 Å². The Balaban J connectivity index is 1.20. The number of nitrogens with one attached hydrogen (secondary N) is 1. The molecule has 2 aliphatic rings. The molecule has 214 valence electrons. The molecule has 2 amide bonds. The topological polar surface area (TPSA) is 75.7 Å². The first kappa shape index (κ1) is 28.8. The molecule has 1 atom stereocenters. The van der Waals surface area contributed by atoms with Gasteiger partial charge >= 0.3 is 5.97 Å². The van der Waals surface area contributed by atoms with E-state index in [-0.39, 0.29) is 43.0 Å². The van der Waals surface area contributed by atoms with Crippen LogP contribution >= 0.6 is 11.6 Å². The van der Waals surface area contributed by atoms with Crippen molar-refractivity contribution < 1.29 is 23.5 Å². The average molecular weight is 577 g/mol. The van der Waals surface area contributed by atoms with Crippen LogP contribution in [0.5, 0.6) is 0 Å². The molecule has 1 aliphatic carbocycles. The maximum absolute atomic E-state index is 13.3. The molecule has 1 N–H and O–H groups in total. The molecule has 0 saturated carbocycles. The van der Waals surface area contributed by atoms with Crippen molar-refractivity contribution in [1.82, 2.24) is 10.2 Å². The van der Waals surface area contributed by atoms with Crippen LogP contribution in [0, 0.1) is 11.7 Å². The van der Waals surface area contributed by atoms with Crippen LogP contribution in [0.3, 0.4) is 0 Å². The molecule has 0 aromatic heterocycles. The number of hydrogen-bond acceptors (Lipinski definition) is 4. The SMILES string of the molecule is CCOC(=O)C1(NC(=O)CC2CCN(C(=O)Cc3ccc(F)cc3)CC2)Cc2ccc(-c3ccc(Cl)cc3)cc2C1. The molecule has 1 aliphatic heterocycles. The molecule has 1 heterocycles. The van der Waals surface area contributed by atoms with Crippen LogP contribution in [0.15, 0.2) is 66.7 Å². The number of piperidine rings is 1. The minimum atomic E-state index is -1.14. The summed E-state index contributed by atoms with van der Waals surface area (Å²) in [5, 5.41) is 3.73. The average Bonchev–Trinajstić information content (AvgIpc) is 3.33. The van der Waals surface area contributed by atoms with Crippen molar-refractivity contribution in [3.63, 3.8) is 0 Å². The van der Waals surface area contributed by atoms with Gasteiger partial charge in [-0.3, -0.25) is 9.59 Å². The van der Waals surface area contributed by atoms with E-state index in [2.05, 4.69) is 11.4 Å². The molecule has 3 aromatic rings. The maximum atomic E-state index is 13.3. The lowest BCUT2D eigenvalue weighted by Crippen LogP contribution is -2.56. The summed E-state index contributed by atoms with van der Waals surface area (Å²) in [5.74, 6) is -0.806. The van der Waals surface area contributed by atoms with Gasteiger partial charge in [-0.2, -0.15) is 0 Å². The number of halogens is 2. The van der Waals surface area contributed by atoms with Crippen LogP contribution in [-0.2, 0) is 38.4 Å². The van der Waals surface area contributed by atoms with Gasteiger partial charge in [0.05, 0.1) is 13.0 Å². The van der Waals surface area contributed by atoms with E-state index < -0.39 is 11.5 Å². The largest absolute Gasteiger partial charge is 0.464 e. The van der Waals surface area contributed by atoms with E-state index in [1.54, 1.807) is 19.1 Å². The van der Waals surface area contributed by atoms with Gasteiger partial charge in [-0.25, -0.2) is 9.18 Å². The van der Waals surface area contributed by atoms with Crippen LogP contribution in [0.1, 0.15) is 42.9 Å². The molecule has 0 radical (unpaired) electrons. The molecule has 1 saturated heterocycles. The van der Waals surface area contributed by atoms with Crippen LogP contribution < -0.4 is 5.32 Å². The molecule has 0 bridgehead atoms. The second-order valence-electron chi connectivity index (χ2n) is 11.0. The number of rotatable bonds is 8. The summed E-state index contributed by atoms with van der Waals surface area (Å²) in [6, 6.07) is 19.7. The summed E-state index contributed by atoms with van der Waals surface area (Å²) < 4.78 is 18.6. The number of nitrogens with zero attached hydrogens (tertiary/aromatic N) is 1. The van der Waals surface area contributed by atoms with Gasteiger partial charge in [0.25, 0.3) is 0 Å². The zero-order chi connectivity index (χ0) is 29.0. The van der Waals surface area contributed by atoms with Crippen LogP contribution in [0.2, 0.25) is 5.02 Å². The number of esters is 1. The number of carbonyl (C=O) groups is 3. The highest BCUT2D eigenvalue weighted by molar-refractivity contribution is 6.30. The van der Waals surface area contributed by atoms with Gasteiger partial charge in [-0.15, -0.1) is 0 Å². The molecule has 3 aromatic carbocycles. The smallest absolute Gasteiger partial charge is 0.332 e. The van der Waals surface area contributed by atoms with E-state index in [1.807, 2.05) is 41.3 Å². The zero-order valence-corrected chi connectivity index (χ0v) is 23.9. The monoisotopic (exact) mass is 576 g/mol. The van der Waals surface area contributed by atoms with Gasteiger partial charge in [-0.05, 0) is 77.8 Å². The van der Waals surface area contributed by atoms with E-state index in [4.69, 9.17) is 16.3 Å². The Labute approximate surface area is 244 Å². The van der Waals surface area contributed by atoms with Crippen molar-refractivity contribution in [2.24, 2.45) is 5.92 Å². The van der Waals surface area contributed by atoms with Crippen molar-refractivity contribution in [3.8, 4) is 11.1 Å². The second kappa shape index (κ2) is 12.4. The summed E-state index contributed by atoms with van der Waals surface area (Å²) in [4.78, 5) is 41.1. The van der Waals surface area contributed by atoms with Crippen molar-refractivity contribution in [3.05, 3.63) is 94.3 Å². The lowest BCUT2D eigenvalue weighted by Gasteiger charge is -2.33. The number of fused-ring (bicyclic) bond motifs is 1. The van der Waals surface area contributed by atoms with E-state index in [9.17, 15) is 18.8 Å². The number of carbonyl (C=O) groups excluding carboxylic acids is 3. The van der Waals surface area contributed by atoms with Crippen LogP contribution in [0.25, 0.3) is 11.1 Å². The number of likely N-dealkylation sites (tertiary alicyclic amines) is 1. The fraction of sp³-hybridized carbons (Fsp3) is 0.364. The molecule has 1 fully saturated rings. The molecular formula is C33H34ClFN2O4. The lowest BCUT2D eigenvalue weighted by atomic mass is 9.91. The minimum absolute atomic E-state index is 0.00228. The maximum Gasteiger partial charge on any atom is 0.332 e. The third kappa shape index (κ3) is 6.79. The van der Waals surface area contributed by atoms with E-state index in [0.29, 0.717) is 43.8 Å². The minimum Gasteiger partial charge on any atom is -0.464 e. The highest BCUT2D eigenvalue weighted by Crippen LogP contribution is 2.35. The van der Waals surface area contributed by atoms with E-state index in [0.717, 1.165) is 27.8 Å². The number of hydrogen-bond donors (Lipinski definition) is 1. The number of ether oxygens (including phenoxy) is 1. The first-order valence-electron chi connectivity index (χ1n) is 14.1. The fourth-order valence-corrected chi connectivity index (χ4v) is 6.03. The normalized spacial score (nSPS) is 18.6. The molecule has 1 unspecified atom stereocenters. The summed E-state index contributed by atoms with van der Waals surface area (Å²) in [7, 11) is 0. The number of amides is 2. The van der Waals surface area contributed by atoms with Gasteiger partial charge in [0.1, 0.15) is 11.4 Å². The Kier molecular flexibility index (Phi) is 8.74. The summed E-state index contributed by atoms with van der Waals surface area (Å²) in [5.41, 5.74) is 3.71. The quantitative estimate of drug-likeness (QED) is 0.358. The van der Waals surface area contributed by atoms with Gasteiger partial charge in [-0.1, -0.05) is 54.1 Å². The van der Waals surface area contributed by atoms with Crippen LogP contribution in [-0.4, -0.2) is 47.9 Å². The predicted molar refractivity (Wildman–Crippen MR) is 156 cm³/mol. The lowest BCUT2D eigenvalue weighted by molar-refractivity contribution is -0.153. The highest BCUT2D eigenvalue weighted by Gasteiger charge is 2.46. The van der Waals surface area contributed by atoms with E-state index >= 15 is 0 Å². The summed E-state index contributed by atoms with van der Waals surface area (Å²) in [6.07, 6.45) is 2.68. The molecule has 41 heavy (non-hydrogen) atoms. The first-order chi connectivity index (χ1) is 19.7. The molecular weight excluding hydrogens is 543 g/mol. The molecule has 5 rings (SSSR count). The van der Waals surface area contributed by atoms with Crippen molar-refractivity contribution in [2.75, 3.05) is 19.7 Å². The Morgan fingerprint density at radius 3 is 2.29 bits per heavy atom. The Morgan fingerprint density at radius 1 is 0.951 bits per heavy atom. The van der Waals surface area contributed by atoms with Gasteiger partial charge in [0.2, 0.25) is 11.8 Å². The fourth-order valence-electron chi connectivity index (χ4n) is 5.91. The summed E-state index contributed by atoms with van der Waals surface area (Å²) >= 11 is 6.05. The zero-order valence-electron chi connectivity index (χ0n) is 23.1. The Bertz CT molecular complexity index is 1420.